The first kappa shape index (κ1) is 12.9. The maximum Gasteiger partial charge on any atom is 0.138 e. The molecule has 1 aromatic carbocycles. The van der Waals surface area contributed by atoms with Gasteiger partial charge in [-0.15, -0.1) is 10.2 Å². The van der Waals surface area contributed by atoms with Crippen molar-refractivity contribution in [3.8, 4) is 5.75 Å². The van der Waals surface area contributed by atoms with Gasteiger partial charge in [-0.05, 0) is 24.6 Å². The summed E-state index contributed by atoms with van der Waals surface area (Å²) in [6, 6.07) is 6.00. The third-order valence-corrected chi connectivity index (χ3v) is 2.85. The molecule has 0 saturated heterocycles. The van der Waals surface area contributed by atoms with Gasteiger partial charge in [-0.1, -0.05) is 22.9 Å². The Bertz CT molecular complexity index is 487. The number of hydrogen-bond donors (Lipinski definition) is 1. The molecule has 0 spiro atoms. The molecule has 0 amide bonds. The summed E-state index contributed by atoms with van der Waals surface area (Å²) in [5, 5.41) is 7.47. The van der Waals surface area contributed by atoms with Gasteiger partial charge in [0, 0.05) is 10.0 Å². The van der Waals surface area contributed by atoms with E-state index in [-0.39, 0.29) is 0 Å². The summed E-state index contributed by atoms with van der Waals surface area (Å²) in [5.41, 5.74) is 4.27. The second kappa shape index (κ2) is 6.39. The average Bonchev–Trinajstić information content (AvgIpc) is 2.88. The van der Waals surface area contributed by atoms with Crippen LogP contribution in [0.2, 0.25) is 0 Å². The summed E-state index contributed by atoms with van der Waals surface area (Å²) >= 11 is 3.47. The highest BCUT2D eigenvalue weighted by Crippen LogP contribution is 2.23. The second-order valence-electron chi connectivity index (χ2n) is 3.80. The molecular formula is C12H15BrN4O. The van der Waals surface area contributed by atoms with Gasteiger partial charge < -0.3 is 10.2 Å². The van der Waals surface area contributed by atoms with Crippen LogP contribution in [0.5, 0.6) is 5.75 Å². The highest BCUT2D eigenvalue weighted by molar-refractivity contribution is 9.10. The van der Waals surface area contributed by atoms with Gasteiger partial charge in [-0.3, -0.25) is 0 Å². The average molecular weight is 311 g/mol. The quantitative estimate of drug-likeness (QED) is 0.891. The van der Waals surface area contributed by atoms with Gasteiger partial charge in [-0.2, -0.15) is 0 Å². The van der Waals surface area contributed by atoms with Crippen LogP contribution in [0.3, 0.4) is 0 Å². The first-order valence-electron chi connectivity index (χ1n) is 5.79. The Labute approximate surface area is 114 Å². The molecule has 0 unspecified atom stereocenters. The van der Waals surface area contributed by atoms with E-state index >= 15 is 0 Å². The third-order valence-electron chi connectivity index (χ3n) is 2.36. The molecule has 0 aliphatic carbocycles. The predicted octanol–water partition coefficient (Wildman–Crippen LogP) is 2.57. The number of nitrogens with one attached hydrogen (secondary N) is 1. The molecule has 0 bridgehead atoms. The summed E-state index contributed by atoms with van der Waals surface area (Å²) < 4.78 is 8.46. The molecule has 0 saturated carbocycles. The molecule has 0 fully saturated rings. The van der Waals surface area contributed by atoms with Crippen LogP contribution in [0, 0.1) is 0 Å². The molecule has 5 nitrogen and oxygen atoms in total. The molecule has 6 heteroatoms. The van der Waals surface area contributed by atoms with E-state index in [0.717, 1.165) is 28.8 Å². The standard InChI is InChI=1S/C12H15BrN4O/c1-2-5-18-12-4-3-11(13)6-10(12)7-16-17-8-14-15-9-17/h3-4,6,8-9,16H,2,5,7H2,1H3. The van der Waals surface area contributed by atoms with Crippen LogP contribution in [0.15, 0.2) is 35.3 Å². The van der Waals surface area contributed by atoms with Crippen molar-refractivity contribution in [2.45, 2.75) is 19.9 Å². The fraction of sp³-hybridized carbons (Fsp3) is 0.333. The monoisotopic (exact) mass is 310 g/mol. The van der Waals surface area contributed by atoms with Gasteiger partial charge in [-0.25, -0.2) is 4.68 Å². The first-order chi connectivity index (χ1) is 8.79. The molecule has 0 radical (unpaired) electrons. The predicted molar refractivity (Wildman–Crippen MR) is 73.0 cm³/mol. The molecular weight excluding hydrogens is 296 g/mol. The van der Waals surface area contributed by atoms with Crippen molar-refractivity contribution in [2.75, 3.05) is 12.0 Å². The molecule has 1 N–H and O–H groups in total. The first-order valence-corrected chi connectivity index (χ1v) is 6.58. The van der Waals surface area contributed by atoms with Crippen molar-refractivity contribution in [2.24, 2.45) is 0 Å². The molecule has 1 heterocycles. The summed E-state index contributed by atoms with van der Waals surface area (Å²) in [6.45, 7) is 3.46. The van der Waals surface area contributed by atoms with E-state index in [1.54, 1.807) is 17.3 Å². The molecule has 96 valence electrons. The molecule has 0 aliphatic rings. The number of benzene rings is 1. The van der Waals surface area contributed by atoms with Gasteiger partial charge in [0.25, 0.3) is 0 Å². The minimum Gasteiger partial charge on any atom is -0.493 e. The Kier molecular flexibility index (Phi) is 4.58. The largest absolute Gasteiger partial charge is 0.493 e. The Morgan fingerprint density at radius 2 is 2.11 bits per heavy atom. The van der Waals surface area contributed by atoms with E-state index in [1.165, 1.54) is 0 Å². The van der Waals surface area contributed by atoms with E-state index in [4.69, 9.17) is 4.74 Å². The van der Waals surface area contributed by atoms with Crippen LogP contribution >= 0.6 is 15.9 Å². The van der Waals surface area contributed by atoms with Gasteiger partial charge in [0.1, 0.15) is 18.4 Å². The van der Waals surface area contributed by atoms with Gasteiger partial charge in [0.15, 0.2) is 0 Å². The SMILES string of the molecule is CCCOc1ccc(Br)cc1CNn1cnnc1. The number of halogens is 1. The van der Waals surface area contributed by atoms with E-state index in [9.17, 15) is 0 Å². The molecule has 2 rings (SSSR count). The summed E-state index contributed by atoms with van der Waals surface area (Å²) in [5.74, 6) is 0.903. The topological polar surface area (TPSA) is 52.0 Å². The molecule has 18 heavy (non-hydrogen) atoms. The normalized spacial score (nSPS) is 10.3. The Balaban J connectivity index is 2.06. The number of hydrogen-bond acceptors (Lipinski definition) is 4. The van der Waals surface area contributed by atoms with Crippen LogP contribution in [-0.2, 0) is 6.54 Å². The third kappa shape index (κ3) is 3.46. The van der Waals surface area contributed by atoms with Crippen molar-refractivity contribution >= 4 is 15.9 Å². The van der Waals surface area contributed by atoms with E-state index in [2.05, 4.69) is 38.5 Å². The lowest BCUT2D eigenvalue weighted by Crippen LogP contribution is -2.13. The summed E-state index contributed by atoms with van der Waals surface area (Å²) in [4.78, 5) is 0. The lowest BCUT2D eigenvalue weighted by atomic mass is 10.2. The second-order valence-corrected chi connectivity index (χ2v) is 4.72. The zero-order valence-electron chi connectivity index (χ0n) is 10.1. The van der Waals surface area contributed by atoms with Crippen molar-refractivity contribution in [3.63, 3.8) is 0 Å². The maximum absolute atomic E-state index is 5.71. The molecule has 0 atom stereocenters. The van der Waals surface area contributed by atoms with E-state index < -0.39 is 0 Å². The van der Waals surface area contributed by atoms with Gasteiger partial charge in [0.05, 0.1) is 13.2 Å². The van der Waals surface area contributed by atoms with Crippen LogP contribution in [0.4, 0.5) is 0 Å². The Hall–Kier alpha value is -1.56. The van der Waals surface area contributed by atoms with Crippen molar-refractivity contribution in [1.82, 2.24) is 14.9 Å². The number of rotatable bonds is 6. The number of nitrogens with zero attached hydrogens (tertiary/aromatic N) is 3. The Morgan fingerprint density at radius 3 is 2.83 bits per heavy atom. The maximum atomic E-state index is 5.71. The highest BCUT2D eigenvalue weighted by atomic mass is 79.9. The van der Waals surface area contributed by atoms with Crippen molar-refractivity contribution in [1.29, 1.82) is 0 Å². The van der Waals surface area contributed by atoms with Gasteiger partial charge in [0.2, 0.25) is 0 Å². The van der Waals surface area contributed by atoms with Gasteiger partial charge >= 0.3 is 0 Å². The van der Waals surface area contributed by atoms with Crippen molar-refractivity contribution < 1.29 is 4.74 Å². The smallest absolute Gasteiger partial charge is 0.138 e. The highest BCUT2D eigenvalue weighted by Gasteiger charge is 2.04. The molecule has 1 aromatic heterocycles. The summed E-state index contributed by atoms with van der Waals surface area (Å²) in [7, 11) is 0. The lowest BCUT2D eigenvalue weighted by Gasteiger charge is -2.12. The van der Waals surface area contributed by atoms with E-state index in [0.29, 0.717) is 6.54 Å². The molecule has 0 aliphatic heterocycles. The fourth-order valence-electron chi connectivity index (χ4n) is 1.50. The fourth-order valence-corrected chi connectivity index (χ4v) is 1.91. The van der Waals surface area contributed by atoms with Crippen LogP contribution in [-0.4, -0.2) is 21.5 Å². The minimum absolute atomic E-state index is 0.649. The molecule has 2 aromatic rings. The zero-order chi connectivity index (χ0) is 12.8. The number of aromatic nitrogens is 3. The summed E-state index contributed by atoms with van der Waals surface area (Å²) in [6.07, 6.45) is 4.23. The van der Waals surface area contributed by atoms with Crippen LogP contribution < -0.4 is 10.2 Å². The van der Waals surface area contributed by atoms with E-state index in [1.807, 2.05) is 18.2 Å². The zero-order valence-corrected chi connectivity index (χ0v) is 11.7. The minimum atomic E-state index is 0.649. The van der Waals surface area contributed by atoms with Crippen LogP contribution in [0.25, 0.3) is 0 Å². The lowest BCUT2D eigenvalue weighted by molar-refractivity contribution is 0.314. The Morgan fingerprint density at radius 1 is 1.33 bits per heavy atom. The van der Waals surface area contributed by atoms with Crippen LogP contribution in [0.1, 0.15) is 18.9 Å². The number of ether oxygens (including phenoxy) is 1. The van der Waals surface area contributed by atoms with Crippen molar-refractivity contribution in [3.05, 3.63) is 40.9 Å².